The Hall–Kier alpha value is -1.56. The molecule has 0 fully saturated rings. The van der Waals surface area contributed by atoms with E-state index in [0.29, 0.717) is 18.1 Å². The van der Waals surface area contributed by atoms with Crippen LogP contribution >= 0.6 is 15.9 Å². The van der Waals surface area contributed by atoms with E-state index < -0.39 is 0 Å². The first kappa shape index (κ1) is 16.8. The molecular formula is C16H21BrN4O. The van der Waals surface area contributed by atoms with Crippen molar-refractivity contribution in [2.75, 3.05) is 0 Å². The van der Waals surface area contributed by atoms with Crippen molar-refractivity contribution in [2.24, 2.45) is 0 Å². The molecule has 0 N–H and O–H groups in total. The van der Waals surface area contributed by atoms with Gasteiger partial charge in [0.05, 0.1) is 4.47 Å². The molecular weight excluding hydrogens is 344 g/mol. The van der Waals surface area contributed by atoms with Crippen LogP contribution in [-0.2, 0) is 6.54 Å². The Kier molecular flexibility index (Phi) is 6.71. The van der Waals surface area contributed by atoms with E-state index in [1.807, 2.05) is 0 Å². The summed E-state index contributed by atoms with van der Waals surface area (Å²) in [6, 6.07) is 3.20. The molecule has 0 unspecified atom stereocenters. The maximum Gasteiger partial charge on any atom is 0.266 e. The summed E-state index contributed by atoms with van der Waals surface area (Å²) in [4.78, 5) is 20.3. The molecule has 0 saturated carbocycles. The molecule has 0 aliphatic carbocycles. The quantitative estimate of drug-likeness (QED) is 0.667. The van der Waals surface area contributed by atoms with Gasteiger partial charge in [-0.2, -0.15) is 5.10 Å². The minimum absolute atomic E-state index is 0.0746. The van der Waals surface area contributed by atoms with Crippen LogP contribution in [0.4, 0.5) is 0 Å². The molecule has 5 nitrogen and oxygen atoms in total. The number of nitrogens with zero attached hydrogens (tertiary/aromatic N) is 4. The number of unbranched alkanes of at least 4 members (excludes halogenated alkanes) is 5. The molecule has 118 valence electrons. The number of hydrogen-bond acceptors (Lipinski definition) is 4. The van der Waals surface area contributed by atoms with Crippen molar-refractivity contribution in [1.82, 2.24) is 19.7 Å². The molecule has 0 aliphatic rings. The van der Waals surface area contributed by atoms with Crippen molar-refractivity contribution in [3.63, 3.8) is 0 Å². The van der Waals surface area contributed by atoms with Crippen LogP contribution in [0, 0.1) is 0 Å². The Morgan fingerprint density at radius 1 is 1.05 bits per heavy atom. The van der Waals surface area contributed by atoms with E-state index in [-0.39, 0.29) is 5.56 Å². The normalized spacial score (nSPS) is 10.8. The first-order valence-electron chi connectivity index (χ1n) is 7.77. The van der Waals surface area contributed by atoms with Gasteiger partial charge in [-0.25, -0.2) is 14.6 Å². The Labute approximate surface area is 138 Å². The molecule has 2 aromatic heterocycles. The Morgan fingerprint density at radius 2 is 1.73 bits per heavy atom. The number of aryl methyl sites for hydroxylation is 1. The van der Waals surface area contributed by atoms with Gasteiger partial charge >= 0.3 is 0 Å². The van der Waals surface area contributed by atoms with Crippen LogP contribution in [-0.4, -0.2) is 19.7 Å². The number of aromatic nitrogens is 4. The molecule has 2 heterocycles. The second-order valence-corrected chi connectivity index (χ2v) is 6.19. The molecule has 0 radical (unpaired) electrons. The van der Waals surface area contributed by atoms with E-state index in [1.54, 1.807) is 18.5 Å². The predicted molar refractivity (Wildman–Crippen MR) is 90.6 cm³/mol. The fourth-order valence-electron chi connectivity index (χ4n) is 2.21. The van der Waals surface area contributed by atoms with Gasteiger partial charge in [0.1, 0.15) is 5.69 Å². The first-order chi connectivity index (χ1) is 10.7. The van der Waals surface area contributed by atoms with Crippen molar-refractivity contribution >= 4 is 15.9 Å². The standard InChI is InChI=1S/C16H21BrN4O/c1-2-3-4-5-6-7-10-21-15(22)9-8-14(20-21)16-18-11-13(17)12-19-16/h8-9,11-12H,2-7,10H2,1H3. The van der Waals surface area contributed by atoms with Gasteiger partial charge in [0.25, 0.3) is 5.56 Å². The highest BCUT2D eigenvalue weighted by atomic mass is 79.9. The van der Waals surface area contributed by atoms with Gasteiger partial charge in [-0.1, -0.05) is 39.0 Å². The third-order valence-corrected chi connectivity index (χ3v) is 3.85. The highest BCUT2D eigenvalue weighted by molar-refractivity contribution is 9.10. The SMILES string of the molecule is CCCCCCCCn1nc(-c2ncc(Br)cn2)ccc1=O. The summed E-state index contributed by atoms with van der Waals surface area (Å²) in [5.41, 5.74) is 0.549. The lowest BCUT2D eigenvalue weighted by atomic mass is 10.1. The summed E-state index contributed by atoms with van der Waals surface area (Å²) in [5, 5.41) is 4.37. The first-order valence-corrected chi connectivity index (χ1v) is 8.56. The third kappa shape index (κ3) is 5.02. The van der Waals surface area contributed by atoms with Gasteiger partial charge in [0.15, 0.2) is 5.82 Å². The summed E-state index contributed by atoms with van der Waals surface area (Å²) < 4.78 is 2.33. The zero-order chi connectivity index (χ0) is 15.8. The van der Waals surface area contributed by atoms with Crippen LogP contribution in [0.1, 0.15) is 45.4 Å². The zero-order valence-corrected chi connectivity index (χ0v) is 14.4. The minimum atomic E-state index is -0.0746. The Morgan fingerprint density at radius 3 is 2.45 bits per heavy atom. The van der Waals surface area contributed by atoms with Gasteiger partial charge in [-0.05, 0) is 28.4 Å². The topological polar surface area (TPSA) is 60.7 Å². The van der Waals surface area contributed by atoms with Crippen molar-refractivity contribution in [1.29, 1.82) is 0 Å². The van der Waals surface area contributed by atoms with E-state index in [2.05, 4.69) is 37.9 Å². The van der Waals surface area contributed by atoms with Crippen LogP contribution in [0.25, 0.3) is 11.5 Å². The van der Waals surface area contributed by atoms with Crippen LogP contribution in [0.3, 0.4) is 0 Å². The van der Waals surface area contributed by atoms with Crippen molar-refractivity contribution < 1.29 is 0 Å². The summed E-state index contributed by atoms with van der Waals surface area (Å²) in [5.74, 6) is 0.528. The molecule has 0 amide bonds. The van der Waals surface area contributed by atoms with Crippen molar-refractivity contribution in [2.45, 2.75) is 52.0 Å². The summed E-state index contributed by atoms with van der Waals surface area (Å²) in [7, 11) is 0. The minimum Gasteiger partial charge on any atom is -0.268 e. The van der Waals surface area contributed by atoms with E-state index in [4.69, 9.17) is 0 Å². The van der Waals surface area contributed by atoms with E-state index >= 15 is 0 Å². The lowest BCUT2D eigenvalue weighted by molar-refractivity contribution is 0.510. The maximum absolute atomic E-state index is 11.9. The van der Waals surface area contributed by atoms with Crippen LogP contribution in [0.15, 0.2) is 33.8 Å². The van der Waals surface area contributed by atoms with Gasteiger partial charge in [0, 0.05) is 25.0 Å². The van der Waals surface area contributed by atoms with Crippen LogP contribution in [0.2, 0.25) is 0 Å². The molecule has 2 rings (SSSR count). The smallest absolute Gasteiger partial charge is 0.266 e. The molecule has 0 bridgehead atoms. The molecule has 0 aromatic carbocycles. The second kappa shape index (κ2) is 8.78. The van der Waals surface area contributed by atoms with Crippen molar-refractivity contribution in [3.8, 4) is 11.5 Å². The highest BCUT2D eigenvalue weighted by Crippen LogP contribution is 2.12. The predicted octanol–water partition coefficient (Wildman–Crippen LogP) is 3.82. The average molecular weight is 365 g/mol. The second-order valence-electron chi connectivity index (χ2n) is 5.27. The molecule has 22 heavy (non-hydrogen) atoms. The largest absolute Gasteiger partial charge is 0.268 e. The fourth-order valence-corrected chi connectivity index (χ4v) is 2.42. The van der Waals surface area contributed by atoms with E-state index in [1.165, 1.54) is 36.4 Å². The van der Waals surface area contributed by atoms with Crippen molar-refractivity contribution in [3.05, 3.63) is 39.4 Å². The Bertz CT molecular complexity index is 639. The summed E-state index contributed by atoms with van der Waals surface area (Å²) in [6.07, 6.45) is 10.5. The number of halogens is 1. The van der Waals surface area contributed by atoms with E-state index in [0.717, 1.165) is 17.3 Å². The molecule has 0 atom stereocenters. The maximum atomic E-state index is 11.9. The molecule has 0 saturated heterocycles. The lowest BCUT2D eigenvalue weighted by Crippen LogP contribution is -2.22. The lowest BCUT2D eigenvalue weighted by Gasteiger charge is -2.06. The molecule has 2 aromatic rings. The summed E-state index contributed by atoms with van der Waals surface area (Å²) in [6.45, 7) is 2.86. The monoisotopic (exact) mass is 364 g/mol. The number of hydrogen-bond donors (Lipinski definition) is 0. The van der Waals surface area contributed by atoms with Gasteiger partial charge < -0.3 is 0 Å². The van der Waals surface area contributed by atoms with Gasteiger partial charge in [-0.15, -0.1) is 0 Å². The molecule has 0 spiro atoms. The van der Waals surface area contributed by atoms with Gasteiger partial charge in [0.2, 0.25) is 0 Å². The summed E-state index contributed by atoms with van der Waals surface area (Å²) >= 11 is 3.30. The average Bonchev–Trinajstić information content (AvgIpc) is 2.53. The fraction of sp³-hybridized carbons (Fsp3) is 0.500. The van der Waals surface area contributed by atoms with Gasteiger partial charge in [-0.3, -0.25) is 4.79 Å². The molecule has 0 aliphatic heterocycles. The van der Waals surface area contributed by atoms with Crippen LogP contribution < -0.4 is 5.56 Å². The number of rotatable bonds is 8. The Balaban J connectivity index is 1.98. The van der Waals surface area contributed by atoms with E-state index in [9.17, 15) is 4.79 Å². The molecule has 6 heteroatoms. The van der Waals surface area contributed by atoms with Crippen LogP contribution in [0.5, 0.6) is 0 Å². The highest BCUT2D eigenvalue weighted by Gasteiger charge is 2.06. The third-order valence-electron chi connectivity index (χ3n) is 3.44. The zero-order valence-electron chi connectivity index (χ0n) is 12.8.